The summed E-state index contributed by atoms with van der Waals surface area (Å²) < 4.78 is 16.4. The van der Waals surface area contributed by atoms with Gasteiger partial charge in [-0.05, 0) is 49.4 Å². The molecule has 1 aliphatic heterocycles. The molecule has 0 saturated carbocycles. The van der Waals surface area contributed by atoms with Gasteiger partial charge in [0.15, 0.2) is 0 Å². The van der Waals surface area contributed by atoms with E-state index in [2.05, 4.69) is 9.55 Å². The van der Waals surface area contributed by atoms with Gasteiger partial charge in [0.25, 0.3) is 5.91 Å². The van der Waals surface area contributed by atoms with Gasteiger partial charge in [-0.15, -0.1) is 11.3 Å². The molecule has 1 aliphatic rings. The first-order chi connectivity index (χ1) is 11.6. The molecule has 2 aromatic heterocycles. The molecule has 0 bridgehead atoms. The van der Waals surface area contributed by atoms with Crippen LogP contribution in [-0.2, 0) is 0 Å². The molecule has 3 heterocycles. The van der Waals surface area contributed by atoms with Crippen LogP contribution in [0.2, 0.25) is 0 Å². The summed E-state index contributed by atoms with van der Waals surface area (Å²) in [4.78, 5) is 19.7. The van der Waals surface area contributed by atoms with Gasteiger partial charge in [0.2, 0.25) is 0 Å². The summed E-state index contributed by atoms with van der Waals surface area (Å²) >= 11 is 1.43. The van der Waals surface area contributed by atoms with Crippen LogP contribution >= 0.6 is 11.3 Å². The highest BCUT2D eigenvalue weighted by molar-refractivity contribution is 7.20. The molecular weight excluding hydrogens is 325 g/mol. The zero-order valence-corrected chi connectivity index (χ0v) is 14.2. The zero-order chi connectivity index (χ0) is 16.7. The van der Waals surface area contributed by atoms with E-state index in [1.165, 1.54) is 23.5 Å². The lowest BCUT2D eigenvalue weighted by Crippen LogP contribution is -2.40. The summed E-state index contributed by atoms with van der Waals surface area (Å²) in [7, 11) is 0. The van der Waals surface area contributed by atoms with Crippen molar-refractivity contribution in [2.75, 3.05) is 13.1 Å². The summed E-state index contributed by atoms with van der Waals surface area (Å²) in [5, 5.41) is 0.794. The Morgan fingerprint density at radius 1 is 1.38 bits per heavy atom. The number of halogens is 1. The topological polar surface area (TPSA) is 38.1 Å². The molecule has 1 amide bonds. The smallest absolute Gasteiger partial charge is 0.264 e. The third-order valence-electron chi connectivity index (χ3n) is 4.63. The molecule has 1 fully saturated rings. The first kappa shape index (κ1) is 15.3. The second-order valence-corrected chi connectivity index (χ2v) is 7.31. The van der Waals surface area contributed by atoms with Gasteiger partial charge in [0.05, 0.1) is 10.9 Å². The van der Waals surface area contributed by atoms with E-state index in [4.69, 9.17) is 0 Å². The number of likely N-dealkylation sites (tertiary alicyclic amines) is 1. The minimum absolute atomic E-state index is 0.0408. The van der Waals surface area contributed by atoms with E-state index >= 15 is 0 Å². The number of thiophene rings is 1. The Kier molecular flexibility index (Phi) is 3.84. The maximum Gasteiger partial charge on any atom is 0.264 e. The molecule has 6 heteroatoms. The lowest BCUT2D eigenvalue weighted by molar-refractivity contribution is 0.0683. The summed E-state index contributed by atoms with van der Waals surface area (Å²) in [6.07, 6.45) is 5.82. The minimum atomic E-state index is -0.270. The fourth-order valence-electron chi connectivity index (χ4n) is 3.42. The van der Waals surface area contributed by atoms with E-state index in [-0.39, 0.29) is 17.8 Å². The molecule has 3 aromatic rings. The predicted molar refractivity (Wildman–Crippen MR) is 92.9 cm³/mol. The van der Waals surface area contributed by atoms with Crippen LogP contribution in [0.5, 0.6) is 0 Å². The number of amides is 1. The van der Waals surface area contributed by atoms with E-state index in [9.17, 15) is 9.18 Å². The maximum absolute atomic E-state index is 13.3. The molecule has 1 atom stereocenters. The van der Waals surface area contributed by atoms with Crippen LogP contribution in [0.1, 0.15) is 34.4 Å². The van der Waals surface area contributed by atoms with Crippen LogP contribution in [0.4, 0.5) is 4.39 Å². The molecule has 0 unspecified atom stereocenters. The Hall–Kier alpha value is -2.21. The van der Waals surface area contributed by atoms with Crippen molar-refractivity contribution in [1.29, 1.82) is 0 Å². The van der Waals surface area contributed by atoms with Crippen molar-refractivity contribution in [2.45, 2.75) is 25.8 Å². The SMILES string of the molecule is Cc1nccn1[C@@H]1CCCN(C(=O)c2cc3cc(F)ccc3s2)C1. The van der Waals surface area contributed by atoms with Gasteiger partial charge in [0, 0.05) is 30.2 Å². The highest BCUT2D eigenvalue weighted by Crippen LogP contribution is 2.29. The van der Waals surface area contributed by atoms with Gasteiger partial charge in [-0.3, -0.25) is 4.79 Å². The number of aromatic nitrogens is 2. The number of rotatable bonds is 2. The van der Waals surface area contributed by atoms with Gasteiger partial charge in [-0.1, -0.05) is 0 Å². The molecule has 0 N–H and O–H groups in total. The molecule has 24 heavy (non-hydrogen) atoms. The zero-order valence-electron chi connectivity index (χ0n) is 13.4. The second-order valence-electron chi connectivity index (χ2n) is 6.22. The first-order valence-electron chi connectivity index (χ1n) is 8.09. The van der Waals surface area contributed by atoms with Crippen molar-refractivity contribution < 1.29 is 9.18 Å². The third kappa shape index (κ3) is 2.71. The lowest BCUT2D eigenvalue weighted by Gasteiger charge is -2.33. The van der Waals surface area contributed by atoms with Crippen LogP contribution in [0, 0.1) is 12.7 Å². The minimum Gasteiger partial charge on any atom is -0.336 e. The third-order valence-corrected chi connectivity index (χ3v) is 5.73. The summed E-state index contributed by atoms with van der Waals surface area (Å²) in [6.45, 7) is 3.45. The van der Waals surface area contributed by atoms with Crippen LogP contribution in [0.25, 0.3) is 10.1 Å². The van der Waals surface area contributed by atoms with Crippen molar-refractivity contribution in [3.63, 3.8) is 0 Å². The number of carbonyl (C=O) groups is 1. The monoisotopic (exact) mass is 343 g/mol. The van der Waals surface area contributed by atoms with Gasteiger partial charge in [-0.2, -0.15) is 0 Å². The van der Waals surface area contributed by atoms with Crippen LogP contribution < -0.4 is 0 Å². The van der Waals surface area contributed by atoms with Gasteiger partial charge in [0.1, 0.15) is 11.6 Å². The fourth-order valence-corrected chi connectivity index (χ4v) is 4.43. The molecule has 124 valence electrons. The summed E-state index contributed by atoms with van der Waals surface area (Å²) in [5.74, 6) is 0.749. The number of imidazole rings is 1. The van der Waals surface area contributed by atoms with Crippen molar-refractivity contribution in [1.82, 2.24) is 14.5 Å². The molecular formula is C18H18FN3OS. The molecule has 4 nitrogen and oxygen atoms in total. The number of fused-ring (bicyclic) bond motifs is 1. The van der Waals surface area contributed by atoms with E-state index < -0.39 is 0 Å². The molecule has 4 rings (SSSR count). The lowest BCUT2D eigenvalue weighted by atomic mass is 10.1. The van der Waals surface area contributed by atoms with Crippen molar-refractivity contribution in [2.24, 2.45) is 0 Å². The number of benzene rings is 1. The van der Waals surface area contributed by atoms with Crippen molar-refractivity contribution >= 4 is 27.3 Å². The highest BCUT2D eigenvalue weighted by atomic mass is 32.1. The first-order valence-corrected chi connectivity index (χ1v) is 8.91. The number of hydrogen-bond acceptors (Lipinski definition) is 3. The Labute approximate surface area is 143 Å². The average Bonchev–Trinajstić information content (AvgIpc) is 3.20. The van der Waals surface area contributed by atoms with E-state index in [1.807, 2.05) is 18.0 Å². The normalized spacial score (nSPS) is 18.2. The fraction of sp³-hybridized carbons (Fsp3) is 0.333. The maximum atomic E-state index is 13.3. The number of carbonyl (C=O) groups excluding carboxylic acids is 1. The van der Waals surface area contributed by atoms with Crippen molar-refractivity contribution in [3.8, 4) is 0 Å². The molecule has 0 spiro atoms. The molecule has 0 aliphatic carbocycles. The second kappa shape index (κ2) is 6.02. The quantitative estimate of drug-likeness (QED) is 0.705. The van der Waals surface area contributed by atoms with Gasteiger partial charge in [-0.25, -0.2) is 9.37 Å². The number of hydrogen-bond donors (Lipinski definition) is 0. The largest absolute Gasteiger partial charge is 0.336 e. The average molecular weight is 343 g/mol. The van der Waals surface area contributed by atoms with Gasteiger partial charge >= 0.3 is 0 Å². The molecule has 1 aromatic carbocycles. The molecule has 1 saturated heterocycles. The van der Waals surface area contributed by atoms with Crippen LogP contribution in [0.3, 0.4) is 0 Å². The van der Waals surface area contributed by atoms with Crippen LogP contribution in [0.15, 0.2) is 36.7 Å². The van der Waals surface area contributed by atoms with Crippen LogP contribution in [-0.4, -0.2) is 33.4 Å². The number of aryl methyl sites for hydroxylation is 1. The summed E-state index contributed by atoms with van der Waals surface area (Å²) in [5.41, 5.74) is 0. The van der Waals surface area contributed by atoms with Crippen molar-refractivity contribution in [3.05, 3.63) is 53.2 Å². The van der Waals surface area contributed by atoms with E-state index in [0.717, 1.165) is 35.3 Å². The van der Waals surface area contributed by atoms with E-state index in [0.29, 0.717) is 11.4 Å². The highest BCUT2D eigenvalue weighted by Gasteiger charge is 2.27. The Bertz CT molecular complexity index is 901. The number of piperidine rings is 1. The number of nitrogens with zero attached hydrogens (tertiary/aromatic N) is 3. The Morgan fingerprint density at radius 2 is 2.25 bits per heavy atom. The van der Waals surface area contributed by atoms with E-state index in [1.54, 1.807) is 18.3 Å². The molecule has 0 radical (unpaired) electrons. The van der Waals surface area contributed by atoms with Gasteiger partial charge < -0.3 is 9.47 Å². The standard InChI is InChI=1S/C18H18FN3OS/c1-12-20-6-8-22(12)15-3-2-7-21(11-15)18(23)17-10-13-9-14(19)4-5-16(13)24-17/h4-6,8-10,15H,2-3,7,11H2,1H3/t15-/m1/s1. The predicted octanol–water partition coefficient (Wildman–Crippen LogP) is 4.02. The summed E-state index contributed by atoms with van der Waals surface area (Å²) in [6, 6.07) is 6.73. The Morgan fingerprint density at radius 3 is 3.04 bits per heavy atom. The Balaban J connectivity index is 1.57.